The Balaban J connectivity index is 2.31. The molecule has 2 rings (SSSR count). The van der Waals surface area contributed by atoms with E-state index in [4.69, 9.17) is 11.5 Å². The lowest BCUT2D eigenvalue weighted by Crippen LogP contribution is -2.37. The third-order valence-electron chi connectivity index (χ3n) is 3.28. The van der Waals surface area contributed by atoms with Gasteiger partial charge in [0.05, 0.1) is 0 Å². The zero-order valence-electron chi connectivity index (χ0n) is 8.06. The highest BCUT2D eigenvalue weighted by Gasteiger charge is 2.58. The van der Waals surface area contributed by atoms with E-state index in [1.54, 1.807) is 0 Å². The number of aliphatic hydroxyl groups excluding tert-OH is 1. The van der Waals surface area contributed by atoms with E-state index in [1.165, 1.54) is 0 Å². The molecule has 3 nitrogen and oxygen atoms in total. The predicted molar refractivity (Wildman–Crippen MR) is 55.5 cm³/mol. The molecule has 1 aromatic carbocycles. The summed E-state index contributed by atoms with van der Waals surface area (Å²) in [6, 6.07) is 9.90. The van der Waals surface area contributed by atoms with Gasteiger partial charge in [-0.2, -0.15) is 0 Å². The van der Waals surface area contributed by atoms with Gasteiger partial charge < -0.3 is 16.6 Å². The van der Waals surface area contributed by atoms with Gasteiger partial charge in [-0.15, -0.1) is 0 Å². The molecule has 0 radical (unpaired) electrons. The van der Waals surface area contributed by atoms with Crippen molar-refractivity contribution in [3.8, 4) is 0 Å². The summed E-state index contributed by atoms with van der Waals surface area (Å²) < 4.78 is 0. The maximum absolute atomic E-state index is 9.62. The van der Waals surface area contributed by atoms with E-state index < -0.39 is 6.23 Å². The lowest BCUT2D eigenvalue weighted by Gasteiger charge is -2.20. The van der Waals surface area contributed by atoms with E-state index >= 15 is 0 Å². The van der Waals surface area contributed by atoms with Gasteiger partial charge in [0, 0.05) is 5.41 Å². The maximum atomic E-state index is 9.62. The summed E-state index contributed by atoms with van der Waals surface area (Å²) >= 11 is 0. The van der Waals surface area contributed by atoms with Crippen LogP contribution in [0.3, 0.4) is 0 Å². The van der Waals surface area contributed by atoms with E-state index in [9.17, 15) is 5.11 Å². The summed E-state index contributed by atoms with van der Waals surface area (Å²) in [5.41, 5.74) is 12.1. The molecular formula is C11H16N2O. The molecule has 3 atom stereocenters. The quantitative estimate of drug-likeness (QED) is 0.598. The second-order valence-corrected chi connectivity index (χ2v) is 3.99. The van der Waals surface area contributed by atoms with Crippen LogP contribution < -0.4 is 11.5 Å². The largest absolute Gasteiger partial charge is 0.378 e. The lowest BCUT2D eigenvalue weighted by atomic mass is 9.91. The monoisotopic (exact) mass is 192 g/mol. The molecule has 0 bridgehead atoms. The molecule has 0 saturated heterocycles. The van der Waals surface area contributed by atoms with Crippen LogP contribution in [0.15, 0.2) is 30.3 Å². The van der Waals surface area contributed by atoms with Crippen LogP contribution in [-0.4, -0.2) is 17.9 Å². The van der Waals surface area contributed by atoms with Crippen molar-refractivity contribution in [2.24, 2.45) is 17.4 Å². The standard InChI is InChI=1S/C11H16N2O/c12-7-9-6-11(9,10(13)14)8-4-2-1-3-5-8/h1-5,9-10,14H,6-7,12-13H2/t9-,10?,11+/m0/s1. The minimum absolute atomic E-state index is 0.282. The molecular weight excluding hydrogens is 176 g/mol. The highest BCUT2D eigenvalue weighted by atomic mass is 16.3. The van der Waals surface area contributed by atoms with Gasteiger partial charge >= 0.3 is 0 Å². The Labute approximate surface area is 83.7 Å². The number of rotatable bonds is 3. The van der Waals surface area contributed by atoms with Gasteiger partial charge in [-0.1, -0.05) is 30.3 Å². The summed E-state index contributed by atoms with van der Waals surface area (Å²) in [7, 11) is 0. The van der Waals surface area contributed by atoms with Crippen LogP contribution >= 0.6 is 0 Å². The van der Waals surface area contributed by atoms with E-state index in [0.717, 1.165) is 12.0 Å². The smallest absolute Gasteiger partial charge is 0.112 e. The molecule has 3 heteroatoms. The number of hydrogen-bond donors (Lipinski definition) is 3. The second-order valence-electron chi connectivity index (χ2n) is 3.99. The fourth-order valence-electron chi connectivity index (χ4n) is 2.28. The number of aliphatic hydroxyl groups is 1. The SMILES string of the molecule is NC[C@@H]1C[C@]1(c1ccccc1)C(N)O. The van der Waals surface area contributed by atoms with Gasteiger partial charge in [-0.3, -0.25) is 0 Å². The Kier molecular flexibility index (Phi) is 2.31. The Morgan fingerprint density at radius 3 is 2.50 bits per heavy atom. The summed E-state index contributed by atoms with van der Waals surface area (Å²) in [5, 5.41) is 9.62. The Hall–Kier alpha value is -0.900. The normalized spacial score (nSPS) is 32.6. The van der Waals surface area contributed by atoms with Crippen molar-refractivity contribution in [1.82, 2.24) is 0 Å². The molecule has 76 valence electrons. The molecule has 1 fully saturated rings. The van der Waals surface area contributed by atoms with E-state index in [1.807, 2.05) is 30.3 Å². The van der Waals surface area contributed by atoms with Crippen molar-refractivity contribution >= 4 is 0 Å². The number of nitrogens with two attached hydrogens (primary N) is 2. The molecule has 0 aliphatic heterocycles. The highest BCUT2D eigenvalue weighted by Crippen LogP contribution is 2.54. The first-order valence-electron chi connectivity index (χ1n) is 4.91. The Bertz CT molecular complexity index is 312. The van der Waals surface area contributed by atoms with Crippen molar-refractivity contribution in [2.75, 3.05) is 6.54 Å². The van der Waals surface area contributed by atoms with Gasteiger partial charge in [-0.05, 0) is 24.4 Å². The predicted octanol–water partition coefficient (Wildman–Crippen LogP) is 0.180. The zero-order valence-corrected chi connectivity index (χ0v) is 8.06. The third kappa shape index (κ3) is 1.25. The second kappa shape index (κ2) is 3.35. The minimum Gasteiger partial charge on any atom is -0.378 e. The first-order valence-corrected chi connectivity index (χ1v) is 4.91. The Morgan fingerprint density at radius 2 is 2.07 bits per heavy atom. The van der Waals surface area contributed by atoms with Gasteiger partial charge in [0.25, 0.3) is 0 Å². The van der Waals surface area contributed by atoms with Crippen molar-refractivity contribution < 1.29 is 5.11 Å². The number of benzene rings is 1. The molecule has 1 saturated carbocycles. The molecule has 1 aliphatic carbocycles. The van der Waals surface area contributed by atoms with Gasteiger partial charge in [0.15, 0.2) is 0 Å². The fourth-order valence-corrected chi connectivity index (χ4v) is 2.28. The van der Waals surface area contributed by atoms with Crippen molar-refractivity contribution in [1.29, 1.82) is 0 Å². The molecule has 1 aliphatic rings. The Morgan fingerprint density at radius 1 is 1.43 bits per heavy atom. The highest BCUT2D eigenvalue weighted by molar-refractivity contribution is 5.35. The molecule has 1 aromatic rings. The average Bonchev–Trinajstić information content (AvgIpc) is 2.94. The van der Waals surface area contributed by atoms with E-state index in [2.05, 4.69) is 0 Å². The number of hydrogen-bond acceptors (Lipinski definition) is 3. The van der Waals surface area contributed by atoms with Crippen LogP contribution in [0.5, 0.6) is 0 Å². The van der Waals surface area contributed by atoms with Crippen LogP contribution in [0, 0.1) is 5.92 Å². The van der Waals surface area contributed by atoms with Crippen molar-refractivity contribution in [3.05, 3.63) is 35.9 Å². The van der Waals surface area contributed by atoms with Crippen LogP contribution in [0.25, 0.3) is 0 Å². The van der Waals surface area contributed by atoms with Gasteiger partial charge in [0.2, 0.25) is 0 Å². The van der Waals surface area contributed by atoms with Crippen LogP contribution in [0.1, 0.15) is 12.0 Å². The van der Waals surface area contributed by atoms with Crippen LogP contribution in [0.2, 0.25) is 0 Å². The first kappa shape index (κ1) is 9.65. The molecule has 5 N–H and O–H groups in total. The summed E-state index contributed by atoms with van der Waals surface area (Å²) in [6.07, 6.45) is 0.0870. The molecule has 1 unspecified atom stereocenters. The summed E-state index contributed by atoms with van der Waals surface area (Å²) in [4.78, 5) is 0. The van der Waals surface area contributed by atoms with Gasteiger partial charge in [0.1, 0.15) is 6.23 Å². The van der Waals surface area contributed by atoms with Crippen LogP contribution in [0.4, 0.5) is 0 Å². The topological polar surface area (TPSA) is 72.3 Å². The average molecular weight is 192 g/mol. The summed E-state index contributed by atoms with van der Waals surface area (Å²) in [5.74, 6) is 0.324. The van der Waals surface area contributed by atoms with Gasteiger partial charge in [-0.25, -0.2) is 0 Å². The lowest BCUT2D eigenvalue weighted by molar-refractivity contribution is 0.131. The molecule has 0 aromatic heterocycles. The minimum atomic E-state index is -0.807. The fraction of sp³-hybridized carbons (Fsp3) is 0.455. The van der Waals surface area contributed by atoms with E-state index in [-0.39, 0.29) is 5.41 Å². The molecule has 0 heterocycles. The molecule has 0 amide bonds. The van der Waals surface area contributed by atoms with Crippen molar-refractivity contribution in [2.45, 2.75) is 18.1 Å². The maximum Gasteiger partial charge on any atom is 0.112 e. The van der Waals surface area contributed by atoms with Crippen molar-refractivity contribution in [3.63, 3.8) is 0 Å². The zero-order chi connectivity index (χ0) is 10.2. The summed E-state index contributed by atoms with van der Waals surface area (Å²) in [6.45, 7) is 0.586. The van der Waals surface area contributed by atoms with E-state index in [0.29, 0.717) is 12.5 Å². The molecule has 14 heavy (non-hydrogen) atoms. The van der Waals surface area contributed by atoms with Crippen LogP contribution in [-0.2, 0) is 5.41 Å². The molecule has 0 spiro atoms. The third-order valence-corrected chi connectivity index (χ3v) is 3.28. The first-order chi connectivity index (χ1) is 6.71.